The van der Waals surface area contributed by atoms with E-state index in [1.54, 1.807) is 31.2 Å². The van der Waals surface area contributed by atoms with E-state index in [2.05, 4.69) is 31.5 Å². The van der Waals surface area contributed by atoms with Gasteiger partial charge in [0.1, 0.15) is 16.4 Å². The molecule has 3 rings (SSSR count). The summed E-state index contributed by atoms with van der Waals surface area (Å²) in [5.41, 5.74) is 0.495. The minimum atomic E-state index is -1.25. The predicted molar refractivity (Wildman–Crippen MR) is 132 cm³/mol. The van der Waals surface area contributed by atoms with Crippen LogP contribution >= 0.6 is 51.2 Å². The van der Waals surface area contributed by atoms with Crippen molar-refractivity contribution < 1.29 is 29.0 Å². The van der Waals surface area contributed by atoms with Gasteiger partial charge in [-0.3, -0.25) is 19.8 Å². The third-order valence-corrected chi connectivity index (χ3v) is 6.67. The number of ether oxygens (including phenoxy) is 1. The molecule has 1 saturated heterocycles. The second-order valence-corrected chi connectivity index (χ2v) is 9.62. The van der Waals surface area contributed by atoms with E-state index in [-0.39, 0.29) is 32.2 Å². The number of esters is 1. The molecule has 0 aliphatic carbocycles. The maximum Gasteiger partial charge on any atom is 0.341 e. The van der Waals surface area contributed by atoms with Crippen molar-refractivity contribution in [2.24, 2.45) is 0 Å². The van der Waals surface area contributed by atoms with Gasteiger partial charge in [0, 0.05) is 15.5 Å². The van der Waals surface area contributed by atoms with Gasteiger partial charge in [0.05, 0.1) is 17.2 Å². The van der Waals surface area contributed by atoms with Gasteiger partial charge in [0.15, 0.2) is 5.13 Å². The molecule has 3 N–H and O–H groups in total. The van der Waals surface area contributed by atoms with Crippen molar-refractivity contribution in [3.63, 3.8) is 0 Å². The number of benzene rings is 1. The maximum absolute atomic E-state index is 12.8. The zero-order valence-electron chi connectivity index (χ0n) is 16.8. The van der Waals surface area contributed by atoms with Crippen molar-refractivity contribution in [3.8, 4) is 0 Å². The van der Waals surface area contributed by atoms with Crippen molar-refractivity contribution >= 4 is 95.8 Å². The Morgan fingerprint density at radius 3 is 2.58 bits per heavy atom. The zero-order valence-corrected chi connectivity index (χ0v) is 20.8. The molecule has 0 saturated carbocycles. The molecule has 172 valence electrons. The molecule has 0 atom stereocenters. The highest BCUT2D eigenvalue weighted by molar-refractivity contribution is 9.10. The molecule has 1 aliphatic rings. The van der Waals surface area contributed by atoms with E-state index in [0.29, 0.717) is 5.69 Å². The molecule has 0 spiro atoms. The number of aliphatic carboxylic acids is 1. The number of thiazole rings is 1. The number of rotatable bonds is 7. The Hall–Kier alpha value is -2.81. The summed E-state index contributed by atoms with van der Waals surface area (Å²) >= 11 is 10.2. The van der Waals surface area contributed by atoms with E-state index in [4.69, 9.17) is 22.1 Å². The molecule has 2 heterocycles. The molecule has 3 amide bonds. The second-order valence-electron chi connectivity index (χ2n) is 6.20. The number of halogens is 1. The Kier molecular flexibility index (Phi) is 8.18. The third-order valence-electron chi connectivity index (χ3n) is 3.93. The first-order valence-electron chi connectivity index (χ1n) is 9.16. The summed E-state index contributed by atoms with van der Waals surface area (Å²) in [6.45, 7) is 1.01. The van der Waals surface area contributed by atoms with Crippen LogP contribution in [-0.4, -0.2) is 56.3 Å². The Bertz CT molecular complexity index is 1160. The van der Waals surface area contributed by atoms with Crippen LogP contribution in [0.5, 0.6) is 0 Å². The molecule has 1 aliphatic heterocycles. The van der Waals surface area contributed by atoms with Crippen molar-refractivity contribution in [2.75, 3.05) is 23.8 Å². The minimum absolute atomic E-state index is 0.00153. The number of nitrogens with one attached hydrogen (secondary N) is 2. The Balaban J connectivity index is 1.85. The van der Waals surface area contributed by atoms with Crippen LogP contribution in [0.4, 0.5) is 15.6 Å². The molecule has 0 radical (unpaired) electrons. The van der Waals surface area contributed by atoms with Gasteiger partial charge in [0.2, 0.25) is 0 Å². The Morgan fingerprint density at radius 1 is 1.24 bits per heavy atom. The second kappa shape index (κ2) is 10.9. The van der Waals surface area contributed by atoms with Gasteiger partial charge in [-0.1, -0.05) is 39.9 Å². The molecule has 14 heteroatoms. The first kappa shape index (κ1) is 24.8. The molecule has 1 aromatic heterocycles. The molecule has 1 aromatic carbocycles. The number of urea groups is 1. The van der Waals surface area contributed by atoms with Crippen molar-refractivity contribution in [1.82, 2.24) is 9.88 Å². The summed E-state index contributed by atoms with van der Waals surface area (Å²) in [6.07, 6.45) is 0. The molecular weight excluding hydrogens is 556 g/mol. The van der Waals surface area contributed by atoms with Crippen LogP contribution in [0.25, 0.3) is 5.57 Å². The van der Waals surface area contributed by atoms with E-state index < -0.39 is 30.4 Å². The Labute approximate surface area is 209 Å². The number of hydrogen-bond acceptors (Lipinski definition) is 9. The smallest absolute Gasteiger partial charge is 0.341 e. The van der Waals surface area contributed by atoms with E-state index in [0.717, 1.165) is 32.5 Å². The van der Waals surface area contributed by atoms with Crippen LogP contribution in [0.3, 0.4) is 0 Å². The van der Waals surface area contributed by atoms with Gasteiger partial charge in [-0.05, 0) is 31.2 Å². The molecule has 0 unspecified atom stereocenters. The van der Waals surface area contributed by atoms with Gasteiger partial charge in [-0.2, -0.15) is 0 Å². The number of carboxylic acid groups (broad SMARTS) is 1. The molecule has 2 aromatic rings. The topological polar surface area (TPSA) is 138 Å². The monoisotopic (exact) mass is 570 g/mol. The summed E-state index contributed by atoms with van der Waals surface area (Å²) in [6, 6.07) is 6.39. The average molecular weight is 571 g/mol. The normalized spacial score (nSPS) is 14.8. The zero-order chi connectivity index (χ0) is 24.1. The number of amides is 3. The molecular formula is C19H15BrN4O6S3. The van der Waals surface area contributed by atoms with Gasteiger partial charge in [-0.15, -0.1) is 11.3 Å². The number of nitrogens with zero attached hydrogens (tertiary/aromatic N) is 2. The van der Waals surface area contributed by atoms with Crippen LogP contribution in [0, 0.1) is 0 Å². The van der Waals surface area contributed by atoms with Crippen LogP contribution in [-0.2, 0) is 19.1 Å². The lowest BCUT2D eigenvalue weighted by Gasteiger charge is -2.11. The summed E-state index contributed by atoms with van der Waals surface area (Å²) < 4.78 is 5.93. The summed E-state index contributed by atoms with van der Waals surface area (Å²) in [5.74, 6) is -2.79. The fraction of sp³-hybridized carbons (Fsp3) is 0.158. The quantitative estimate of drug-likeness (QED) is 0.258. The van der Waals surface area contributed by atoms with Gasteiger partial charge in [-0.25, -0.2) is 14.6 Å². The highest BCUT2D eigenvalue weighted by Gasteiger charge is 2.38. The number of carbonyl (C=O) groups is 4. The lowest BCUT2D eigenvalue weighted by atomic mass is 10.2. The number of thioether (sulfide) groups is 1. The van der Waals surface area contributed by atoms with Gasteiger partial charge in [0.25, 0.3) is 5.91 Å². The lowest BCUT2D eigenvalue weighted by Crippen LogP contribution is -2.33. The fourth-order valence-electron chi connectivity index (χ4n) is 2.58. The van der Waals surface area contributed by atoms with Crippen molar-refractivity contribution in [1.29, 1.82) is 0 Å². The van der Waals surface area contributed by atoms with Crippen LogP contribution < -0.4 is 10.6 Å². The third kappa shape index (κ3) is 6.16. The molecule has 33 heavy (non-hydrogen) atoms. The molecule has 0 bridgehead atoms. The van der Waals surface area contributed by atoms with Crippen LogP contribution in [0.2, 0.25) is 0 Å². The Morgan fingerprint density at radius 2 is 1.94 bits per heavy atom. The van der Waals surface area contributed by atoms with Gasteiger partial charge < -0.3 is 15.2 Å². The fourth-order valence-corrected chi connectivity index (χ4v) is 4.85. The first-order chi connectivity index (χ1) is 15.7. The van der Waals surface area contributed by atoms with E-state index in [1.165, 1.54) is 5.38 Å². The minimum Gasteiger partial charge on any atom is -0.480 e. The number of anilines is 2. The van der Waals surface area contributed by atoms with Crippen molar-refractivity contribution in [3.05, 3.63) is 44.7 Å². The first-order valence-corrected chi connectivity index (χ1v) is 12.1. The summed E-state index contributed by atoms with van der Waals surface area (Å²) in [5, 5.41) is 15.9. The maximum atomic E-state index is 12.8. The summed E-state index contributed by atoms with van der Waals surface area (Å²) in [7, 11) is 0. The summed E-state index contributed by atoms with van der Waals surface area (Å²) in [4.78, 5) is 53.8. The van der Waals surface area contributed by atoms with E-state index in [9.17, 15) is 19.2 Å². The SMILES string of the molecule is CCOC(=O)C(=C1SC(=S)N(CC(=O)O)C1=O)c1csc(NC(=O)Nc2ccc(Br)cc2)n1. The highest BCUT2D eigenvalue weighted by Crippen LogP contribution is 2.38. The standard InChI is InChI=1S/C19H15BrN4O6S3/c1-2-30-16(28)13(14-15(27)24(7-12(25)26)19(31)33-14)11-8-32-18(22-11)23-17(29)21-10-5-3-9(20)4-6-10/h3-6,8H,2,7H2,1H3,(H,25,26)(H2,21,22,23,29). The number of carboxylic acids is 1. The largest absolute Gasteiger partial charge is 0.480 e. The average Bonchev–Trinajstić information content (AvgIpc) is 3.30. The lowest BCUT2D eigenvalue weighted by molar-refractivity contribution is -0.140. The number of carbonyl (C=O) groups excluding carboxylic acids is 3. The van der Waals surface area contributed by atoms with E-state index >= 15 is 0 Å². The number of hydrogen-bond donors (Lipinski definition) is 3. The van der Waals surface area contributed by atoms with E-state index in [1.807, 2.05) is 0 Å². The predicted octanol–water partition coefficient (Wildman–Crippen LogP) is 3.77. The van der Waals surface area contributed by atoms with Crippen LogP contribution in [0.1, 0.15) is 12.6 Å². The molecule has 10 nitrogen and oxygen atoms in total. The van der Waals surface area contributed by atoms with Crippen LogP contribution in [0.15, 0.2) is 39.0 Å². The highest BCUT2D eigenvalue weighted by atomic mass is 79.9. The van der Waals surface area contributed by atoms with Gasteiger partial charge >= 0.3 is 18.0 Å². The number of aromatic nitrogens is 1. The number of thiocarbonyl (C=S) groups is 1. The molecule has 1 fully saturated rings. The van der Waals surface area contributed by atoms with Crippen molar-refractivity contribution in [2.45, 2.75) is 6.92 Å².